The van der Waals surface area contributed by atoms with Gasteiger partial charge in [-0.2, -0.15) is 13.6 Å². The Morgan fingerprint density at radius 3 is 2.29 bits per heavy atom. The molecule has 1 heterocycles. The summed E-state index contributed by atoms with van der Waals surface area (Å²) in [4.78, 5) is 26.3. The Balaban J connectivity index is 1.34. The van der Waals surface area contributed by atoms with Gasteiger partial charge in [-0.3, -0.25) is 20.4 Å². The highest BCUT2D eigenvalue weighted by molar-refractivity contribution is 7.99. The number of aromatic nitrogens is 4. The predicted octanol–water partition coefficient (Wildman–Crippen LogP) is 3.78. The van der Waals surface area contributed by atoms with Crippen LogP contribution < -0.4 is 10.9 Å². The molecular weight excluding hydrogens is 462 g/mol. The summed E-state index contributed by atoms with van der Waals surface area (Å²) >= 11 is 0.263. The van der Waals surface area contributed by atoms with Gasteiger partial charge in [-0.05, 0) is 35.0 Å². The minimum absolute atomic E-state index is 0.0404. The van der Waals surface area contributed by atoms with Crippen molar-refractivity contribution in [2.45, 2.75) is 17.2 Å². The van der Waals surface area contributed by atoms with E-state index in [1.807, 2.05) is 30.3 Å². The summed E-state index contributed by atoms with van der Waals surface area (Å²) in [5.41, 5.74) is 6.59. The molecule has 0 fully saturated rings. The molecule has 2 amide bonds. The fraction of sp³-hybridized carbons (Fsp3) is 0.0870. The third-order valence-electron chi connectivity index (χ3n) is 4.66. The molecule has 8 nitrogen and oxygen atoms in total. The topological polar surface area (TPSA) is 102 Å². The Morgan fingerprint density at radius 2 is 1.56 bits per heavy atom. The number of nitrogens with one attached hydrogen (secondary N) is 2. The molecule has 2 N–H and O–H groups in total. The second-order valence-corrected chi connectivity index (χ2v) is 8.02. The quantitative estimate of drug-likeness (QED) is 0.308. The van der Waals surface area contributed by atoms with Crippen molar-refractivity contribution in [3.8, 4) is 11.4 Å². The Hall–Kier alpha value is -4.12. The number of carbonyl (C=O) groups is 2. The zero-order chi connectivity index (χ0) is 23.9. The number of carbonyl (C=O) groups excluding carboxylic acids is 2. The summed E-state index contributed by atoms with van der Waals surface area (Å²) in [7, 11) is 0. The van der Waals surface area contributed by atoms with Crippen LogP contribution in [0.5, 0.6) is 0 Å². The maximum Gasteiger partial charge on any atom is 0.288 e. The molecule has 34 heavy (non-hydrogen) atoms. The summed E-state index contributed by atoms with van der Waals surface area (Å²) in [6.07, 6.45) is 0. The molecule has 3 aromatic carbocycles. The summed E-state index contributed by atoms with van der Waals surface area (Å²) in [5, 5.41) is 12.5. The summed E-state index contributed by atoms with van der Waals surface area (Å²) in [5.74, 6) is -3.40. The fourth-order valence-corrected chi connectivity index (χ4v) is 3.68. The van der Waals surface area contributed by atoms with E-state index in [1.165, 1.54) is 16.9 Å². The van der Waals surface area contributed by atoms with Crippen LogP contribution in [0.25, 0.3) is 11.4 Å². The van der Waals surface area contributed by atoms with Gasteiger partial charge in [0, 0.05) is 16.0 Å². The highest BCUT2D eigenvalue weighted by Crippen LogP contribution is 2.28. The molecule has 0 radical (unpaired) electrons. The highest BCUT2D eigenvalue weighted by Gasteiger charge is 2.16. The van der Waals surface area contributed by atoms with Crippen LogP contribution >= 0.6 is 11.8 Å². The van der Waals surface area contributed by atoms with Gasteiger partial charge in [-0.25, -0.2) is 0 Å². The van der Waals surface area contributed by atoms with E-state index in [-0.39, 0.29) is 22.2 Å². The number of tetrazole rings is 1. The number of rotatable bonds is 7. The number of nitrogens with zero attached hydrogens (tertiary/aromatic N) is 4. The van der Waals surface area contributed by atoms with Crippen molar-refractivity contribution in [1.82, 2.24) is 31.1 Å². The molecule has 0 saturated heterocycles. The molecule has 0 spiro atoms. The number of benzene rings is 3. The molecule has 1 aromatic heterocycles. The van der Waals surface area contributed by atoms with Gasteiger partial charge < -0.3 is 0 Å². The number of hydrogen-bond donors (Lipinski definition) is 2. The van der Waals surface area contributed by atoms with Crippen molar-refractivity contribution in [3.05, 3.63) is 95.6 Å². The number of thioether (sulfide) groups is 1. The largest absolute Gasteiger partial charge is 0.288 e. The second-order valence-electron chi connectivity index (χ2n) is 6.99. The lowest BCUT2D eigenvalue weighted by Crippen LogP contribution is -2.41. The van der Waals surface area contributed by atoms with Crippen molar-refractivity contribution >= 4 is 23.6 Å². The average Bonchev–Trinajstić information content (AvgIpc) is 3.32. The van der Waals surface area contributed by atoms with E-state index in [1.54, 1.807) is 36.4 Å². The summed E-state index contributed by atoms with van der Waals surface area (Å²) in [6.45, 7) is 0.358. The van der Waals surface area contributed by atoms with Gasteiger partial charge >= 0.3 is 0 Å². The molecule has 4 rings (SSSR count). The van der Waals surface area contributed by atoms with E-state index in [4.69, 9.17) is 0 Å². The molecule has 0 bridgehead atoms. The van der Waals surface area contributed by atoms with Crippen LogP contribution in [0.1, 0.15) is 26.3 Å². The van der Waals surface area contributed by atoms with E-state index < -0.39 is 17.6 Å². The van der Waals surface area contributed by atoms with E-state index in [9.17, 15) is 18.4 Å². The zero-order valence-electron chi connectivity index (χ0n) is 17.6. The first-order valence-corrected chi connectivity index (χ1v) is 10.9. The van der Waals surface area contributed by atoms with E-state index in [2.05, 4.69) is 26.3 Å². The second kappa shape index (κ2) is 10.7. The van der Waals surface area contributed by atoms with Crippen LogP contribution in [-0.4, -0.2) is 37.8 Å². The Labute approximate surface area is 197 Å². The Morgan fingerprint density at radius 1 is 0.882 bits per heavy atom. The molecule has 0 saturated carbocycles. The van der Waals surface area contributed by atoms with Crippen molar-refractivity contribution in [2.75, 3.05) is 0 Å². The molecule has 4 aromatic rings. The van der Waals surface area contributed by atoms with Gasteiger partial charge in [0.1, 0.15) is 0 Å². The average molecular weight is 481 g/mol. The van der Waals surface area contributed by atoms with Crippen LogP contribution in [0, 0.1) is 0 Å². The van der Waals surface area contributed by atoms with E-state index >= 15 is 0 Å². The predicted molar refractivity (Wildman–Crippen MR) is 122 cm³/mol. The lowest BCUT2D eigenvalue weighted by molar-refractivity contribution is 0.0845. The molecule has 11 heteroatoms. The van der Waals surface area contributed by atoms with E-state index in [0.29, 0.717) is 17.9 Å². The van der Waals surface area contributed by atoms with Gasteiger partial charge in [0.05, 0.1) is 12.1 Å². The van der Waals surface area contributed by atoms with Crippen LogP contribution in [0.15, 0.2) is 83.8 Å². The molecular formula is C23H18F2N6O2S. The first-order valence-electron chi connectivity index (χ1n) is 10.1. The van der Waals surface area contributed by atoms with Gasteiger partial charge in [0.2, 0.25) is 5.82 Å². The maximum absolute atomic E-state index is 12.7. The monoisotopic (exact) mass is 480 g/mol. The number of hydrogen-bond acceptors (Lipinski definition) is 6. The lowest BCUT2D eigenvalue weighted by Gasteiger charge is -2.11. The van der Waals surface area contributed by atoms with Crippen LogP contribution in [0.2, 0.25) is 0 Å². The van der Waals surface area contributed by atoms with Crippen molar-refractivity contribution in [3.63, 3.8) is 0 Å². The Kier molecular flexibility index (Phi) is 7.23. The van der Waals surface area contributed by atoms with Crippen molar-refractivity contribution in [1.29, 1.82) is 0 Å². The van der Waals surface area contributed by atoms with E-state index in [0.717, 1.165) is 11.1 Å². The molecule has 0 unspecified atom stereocenters. The third-order valence-corrected chi connectivity index (χ3v) is 5.45. The number of hydrazine groups is 1. The first-order chi connectivity index (χ1) is 16.5. The van der Waals surface area contributed by atoms with Gasteiger partial charge in [-0.15, -0.1) is 10.2 Å². The maximum atomic E-state index is 12.7. The molecule has 0 aliphatic carbocycles. The van der Waals surface area contributed by atoms with Crippen LogP contribution in [0.4, 0.5) is 8.78 Å². The van der Waals surface area contributed by atoms with Gasteiger partial charge in [0.15, 0.2) is 0 Å². The SMILES string of the molecule is O=C(NNC(=O)c1ccccc1SC(F)F)c1ccc(Cn2nnc(-c3ccccc3)n2)cc1. The first kappa shape index (κ1) is 23.1. The smallest absolute Gasteiger partial charge is 0.267 e. The molecule has 0 aliphatic rings. The Bertz CT molecular complexity index is 1280. The third kappa shape index (κ3) is 5.81. The normalized spacial score (nSPS) is 10.8. The van der Waals surface area contributed by atoms with Crippen molar-refractivity contribution < 1.29 is 18.4 Å². The van der Waals surface area contributed by atoms with Gasteiger partial charge in [-0.1, -0.05) is 66.4 Å². The molecule has 0 aliphatic heterocycles. The summed E-state index contributed by atoms with van der Waals surface area (Å²) < 4.78 is 25.4. The summed E-state index contributed by atoms with van der Waals surface area (Å²) in [6, 6.07) is 22.0. The van der Waals surface area contributed by atoms with Gasteiger partial charge in [0.25, 0.3) is 17.6 Å². The molecule has 172 valence electrons. The standard InChI is InChI=1S/C23H18F2N6O2S/c24-23(25)34-19-9-5-4-8-18(19)22(33)28-27-21(32)17-12-10-15(11-13-17)14-31-29-20(26-30-31)16-6-2-1-3-7-16/h1-13,23H,14H2,(H,27,32)(H,28,33). The molecule has 0 atom stereocenters. The zero-order valence-corrected chi connectivity index (χ0v) is 18.4. The number of amides is 2. The van der Waals surface area contributed by atoms with Crippen LogP contribution in [0.3, 0.4) is 0 Å². The lowest BCUT2D eigenvalue weighted by atomic mass is 10.1. The fourth-order valence-electron chi connectivity index (χ4n) is 3.04. The minimum atomic E-state index is -2.67. The highest BCUT2D eigenvalue weighted by atomic mass is 32.2. The number of alkyl halides is 2. The number of halogens is 2. The minimum Gasteiger partial charge on any atom is -0.267 e. The van der Waals surface area contributed by atoms with Crippen molar-refractivity contribution in [2.24, 2.45) is 0 Å². The van der Waals surface area contributed by atoms with Crippen LogP contribution in [-0.2, 0) is 6.54 Å².